The minimum absolute atomic E-state index is 0.0715. The van der Waals surface area contributed by atoms with Gasteiger partial charge in [-0.25, -0.2) is 0 Å². The molecule has 0 radical (unpaired) electrons. The molecule has 2 aliphatic rings. The number of carboxylic acid groups (broad SMARTS) is 1. The summed E-state index contributed by atoms with van der Waals surface area (Å²) in [5, 5.41) is 9.07. The molecule has 1 unspecified atom stereocenters. The lowest BCUT2D eigenvalue weighted by atomic mass is 10.1. The van der Waals surface area contributed by atoms with Crippen molar-refractivity contribution < 1.29 is 19.5 Å². The molecule has 122 valence electrons. The first-order valence-electron chi connectivity index (χ1n) is 7.89. The average Bonchev–Trinajstić information content (AvgIpc) is 3.08. The van der Waals surface area contributed by atoms with Gasteiger partial charge in [0.25, 0.3) is 0 Å². The molecule has 2 heterocycles. The van der Waals surface area contributed by atoms with Crippen molar-refractivity contribution in [1.82, 2.24) is 9.80 Å². The summed E-state index contributed by atoms with van der Waals surface area (Å²) in [4.78, 5) is 38.3. The van der Waals surface area contributed by atoms with E-state index in [-0.39, 0.29) is 24.8 Å². The normalized spacial score (nSPS) is 21.3. The summed E-state index contributed by atoms with van der Waals surface area (Å²) in [6, 6.07) is 7.73. The number of rotatable bonds is 5. The smallest absolute Gasteiger partial charge is 0.308 e. The van der Waals surface area contributed by atoms with Crippen LogP contribution in [0.15, 0.2) is 24.3 Å². The van der Waals surface area contributed by atoms with Crippen molar-refractivity contribution >= 4 is 17.8 Å². The highest BCUT2D eigenvalue weighted by molar-refractivity contribution is 5.86. The molecule has 2 saturated heterocycles. The van der Waals surface area contributed by atoms with Crippen molar-refractivity contribution in [2.75, 3.05) is 13.1 Å². The van der Waals surface area contributed by atoms with E-state index in [0.29, 0.717) is 19.5 Å². The van der Waals surface area contributed by atoms with Crippen LogP contribution < -0.4 is 0 Å². The molecule has 2 fully saturated rings. The second-order valence-electron chi connectivity index (χ2n) is 6.20. The SMILES string of the molecule is O=C(O)C1CC(=O)N(Cc2ccccc2CN2CCCC2=O)C1. The van der Waals surface area contributed by atoms with Crippen molar-refractivity contribution in [3.63, 3.8) is 0 Å². The number of carboxylic acids is 1. The number of hydrogen-bond donors (Lipinski definition) is 1. The predicted octanol–water partition coefficient (Wildman–Crippen LogP) is 1.24. The molecule has 1 N–H and O–H groups in total. The lowest BCUT2D eigenvalue weighted by molar-refractivity contribution is -0.141. The maximum atomic E-state index is 12.0. The molecule has 1 atom stereocenters. The summed E-state index contributed by atoms with van der Waals surface area (Å²) in [5.41, 5.74) is 2.00. The van der Waals surface area contributed by atoms with E-state index in [1.165, 1.54) is 0 Å². The van der Waals surface area contributed by atoms with Crippen molar-refractivity contribution in [2.45, 2.75) is 32.4 Å². The second-order valence-corrected chi connectivity index (χ2v) is 6.20. The minimum atomic E-state index is -0.920. The number of hydrogen-bond acceptors (Lipinski definition) is 3. The summed E-state index contributed by atoms with van der Waals surface area (Å²) in [6.07, 6.45) is 1.57. The lowest BCUT2D eigenvalue weighted by Crippen LogP contribution is -2.28. The fraction of sp³-hybridized carbons (Fsp3) is 0.471. The maximum absolute atomic E-state index is 12.0. The first-order valence-corrected chi connectivity index (χ1v) is 7.89. The molecular formula is C17H20N2O4. The van der Waals surface area contributed by atoms with Crippen molar-refractivity contribution in [1.29, 1.82) is 0 Å². The van der Waals surface area contributed by atoms with E-state index < -0.39 is 11.9 Å². The molecule has 0 aliphatic carbocycles. The van der Waals surface area contributed by atoms with E-state index >= 15 is 0 Å². The van der Waals surface area contributed by atoms with E-state index in [4.69, 9.17) is 5.11 Å². The first-order chi connectivity index (χ1) is 11.0. The van der Waals surface area contributed by atoms with E-state index in [2.05, 4.69) is 0 Å². The van der Waals surface area contributed by atoms with Crippen LogP contribution in [-0.4, -0.2) is 45.8 Å². The standard InChI is InChI=1S/C17H20N2O4/c20-15-6-3-7-18(15)9-12-4-1-2-5-13(12)10-19-11-14(17(22)23)8-16(19)21/h1-2,4-5,14H,3,6-11H2,(H,22,23). The Morgan fingerprint density at radius 2 is 1.74 bits per heavy atom. The number of benzene rings is 1. The van der Waals surface area contributed by atoms with Gasteiger partial charge in [-0.2, -0.15) is 0 Å². The molecule has 0 bridgehead atoms. The fourth-order valence-corrected chi connectivity index (χ4v) is 3.24. The van der Waals surface area contributed by atoms with Gasteiger partial charge < -0.3 is 14.9 Å². The highest BCUT2D eigenvalue weighted by atomic mass is 16.4. The Labute approximate surface area is 134 Å². The Hall–Kier alpha value is -2.37. The predicted molar refractivity (Wildman–Crippen MR) is 82.3 cm³/mol. The van der Waals surface area contributed by atoms with Crippen molar-refractivity contribution in [3.05, 3.63) is 35.4 Å². The number of amides is 2. The summed E-state index contributed by atoms with van der Waals surface area (Å²) in [7, 11) is 0. The van der Waals surface area contributed by atoms with Gasteiger partial charge in [0.15, 0.2) is 0 Å². The molecule has 0 spiro atoms. The Morgan fingerprint density at radius 3 is 2.26 bits per heavy atom. The topological polar surface area (TPSA) is 77.9 Å². The van der Waals surface area contributed by atoms with Crippen LogP contribution in [0.2, 0.25) is 0 Å². The van der Waals surface area contributed by atoms with Crippen LogP contribution in [0.3, 0.4) is 0 Å². The summed E-state index contributed by atoms with van der Waals surface area (Å²) in [6.45, 7) is 1.99. The number of nitrogens with zero attached hydrogens (tertiary/aromatic N) is 2. The molecule has 1 aromatic carbocycles. The monoisotopic (exact) mass is 316 g/mol. The van der Waals surface area contributed by atoms with E-state index in [0.717, 1.165) is 24.1 Å². The zero-order valence-electron chi connectivity index (χ0n) is 12.9. The zero-order valence-corrected chi connectivity index (χ0v) is 12.9. The largest absolute Gasteiger partial charge is 0.481 e. The zero-order chi connectivity index (χ0) is 16.4. The summed E-state index contributed by atoms with van der Waals surface area (Å²) in [5.74, 6) is -1.49. The third-order valence-electron chi connectivity index (χ3n) is 4.58. The van der Waals surface area contributed by atoms with Crippen LogP contribution in [0, 0.1) is 5.92 Å². The second kappa shape index (κ2) is 6.40. The Bertz CT molecular complexity index is 643. The van der Waals surface area contributed by atoms with Crippen LogP contribution in [0.1, 0.15) is 30.4 Å². The van der Waals surface area contributed by atoms with E-state index in [1.807, 2.05) is 29.2 Å². The van der Waals surface area contributed by atoms with E-state index in [9.17, 15) is 14.4 Å². The lowest BCUT2D eigenvalue weighted by Gasteiger charge is -2.21. The molecule has 3 rings (SSSR count). The fourth-order valence-electron chi connectivity index (χ4n) is 3.24. The number of likely N-dealkylation sites (tertiary alicyclic amines) is 2. The first kappa shape index (κ1) is 15.5. The molecule has 1 aromatic rings. The van der Waals surface area contributed by atoms with Crippen molar-refractivity contribution in [2.24, 2.45) is 5.92 Å². The third kappa shape index (κ3) is 3.36. The molecule has 2 aliphatic heterocycles. The number of carbonyl (C=O) groups is 3. The summed E-state index contributed by atoms with van der Waals surface area (Å²) < 4.78 is 0. The van der Waals surface area contributed by atoms with Crippen LogP contribution >= 0.6 is 0 Å². The number of aliphatic carboxylic acids is 1. The minimum Gasteiger partial charge on any atom is -0.481 e. The van der Waals surface area contributed by atoms with Gasteiger partial charge >= 0.3 is 5.97 Å². The van der Waals surface area contributed by atoms with Gasteiger partial charge in [0.1, 0.15) is 0 Å². The van der Waals surface area contributed by atoms with E-state index in [1.54, 1.807) is 4.90 Å². The highest BCUT2D eigenvalue weighted by Gasteiger charge is 2.34. The highest BCUT2D eigenvalue weighted by Crippen LogP contribution is 2.23. The van der Waals surface area contributed by atoms with Gasteiger partial charge in [-0.05, 0) is 17.5 Å². The molecule has 2 amide bonds. The van der Waals surface area contributed by atoms with Gasteiger partial charge in [0.05, 0.1) is 5.92 Å². The quantitative estimate of drug-likeness (QED) is 0.886. The molecular weight excluding hydrogens is 296 g/mol. The Balaban J connectivity index is 1.72. The molecule has 6 nitrogen and oxygen atoms in total. The number of carbonyl (C=O) groups excluding carboxylic acids is 2. The summed E-state index contributed by atoms with van der Waals surface area (Å²) >= 11 is 0. The Kier molecular flexibility index (Phi) is 4.32. The van der Waals surface area contributed by atoms with Gasteiger partial charge in [-0.1, -0.05) is 24.3 Å². The maximum Gasteiger partial charge on any atom is 0.308 e. The molecule has 0 saturated carbocycles. The Morgan fingerprint density at radius 1 is 1.09 bits per heavy atom. The van der Waals surface area contributed by atoms with Gasteiger partial charge in [0.2, 0.25) is 11.8 Å². The van der Waals surface area contributed by atoms with Crippen molar-refractivity contribution in [3.8, 4) is 0 Å². The van der Waals surface area contributed by atoms with Crippen LogP contribution in [-0.2, 0) is 27.5 Å². The average molecular weight is 316 g/mol. The van der Waals surface area contributed by atoms with Crippen LogP contribution in [0.25, 0.3) is 0 Å². The van der Waals surface area contributed by atoms with Crippen LogP contribution in [0.4, 0.5) is 0 Å². The third-order valence-corrected chi connectivity index (χ3v) is 4.58. The van der Waals surface area contributed by atoms with Crippen LogP contribution in [0.5, 0.6) is 0 Å². The molecule has 23 heavy (non-hydrogen) atoms. The van der Waals surface area contributed by atoms with Gasteiger partial charge in [0, 0.05) is 39.0 Å². The molecule has 6 heteroatoms. The van der Waals surface area contributed by atoms with Gasteiger partial charge in [-0.3, -0.25) is 14.4 Å². The molecule has 0 aromatic heterocycles. The van der Waals surface area contributed by atoms with Gasteiger partial charge in [-0.15, -0.1) is 0 Å².